The van der Waals surface area contributed by atoms with Crippen LogP contribution >= 0.6 is 0 Å². The third-order valence-corrected chi connectivity index (χ3v) is 6.60. The Balaban J connectivity index is 1.46. The molecule has 0 amide bonds. The van der Waals surface area contributed by atoms with E-state index in [1.807, 2.05) is 7.05 Å². The zero-order valence-corrected chi connectivity index (χ0v) is 19.3. The minimum absolute atomic E-state index is 0.0282. The second-order valence-corrected chi connectivity index (χ2v) is 8.36. The fraction of sp³-hybridized carbons (Fsp3) is 0.696. The zero-order chi connectivity index (χ0) is 22.2. The lowest BCUT2D eigenvalue weighted by Gasteiger charge is -2.40. The fourth-order valence-electron chi connectivity index (χ4n) is 4.68. The van der Waals surface area contributed by atoms with Gasteiger partial charge in [0.05, 0.1) is 0 Å². The highest BCUT2D eigenvalue weighted by atomic mass is 19.1. The molecule has 0 aromatic heterocycles. The van der Waals surface area contributed by atoms with Crippen molar-refractivity contribution in [3.05, 3.63) is 35.4 Å². The Morgan fingerprint density at radius 3 is 2.26 bits per heavy atom. The Morgan fingerprint density at radius 2 is 1.68 bits per heavy atom. The Labute approximate surface area is 185 Å². The lowest BCUT2D eigenvalue weighted by atomic mass is 10.0. The summed E-state index contributed by atoms with van der Waals surface area (Å²) < 4.78 is 27.6. The molecule has 3 rings (SSSR count). The van der Waals surface area contributed by atoms with E-state index in [2.05, 4.69) is 43.8 Å². The van der Waals surface area contributed by atoms with Crippen molar-refractivity contribution in [3.63, 3.8) is 0 Å². The number of guanidine groups is 1. The van der Waals surface area contributed by atoms with Crippen molar-refractivity contribution in [3.8, 4) is 0 Å². The molecule has 1 N–H and O–H groups in total. The molecule has 6 nitrogen and oxygen atoms in total. The number of rotatable bonds is 7. The summed E-state index contributed by atoms with van der Waals surface area (Å²) in [7, 11) is 1.83. The van der Waals surface area contributed by atoms with Gasteiger partial charge in [-0.25, -0.2) is 8.78 Å². The number of piperazine rings is 2. The van der Waals surface area contributed by atoms with Gasteiger partial charge >= 0.3 is 0 Å². The van der Waals surface area contributed by atoms with Gasteiger partial charge in [-0.2, -0.15) is 0 Å². The molecule has 0 bridgehead atoms. The summed E-state index contributed by atoms with van der Waals surface area (Å²) in [5.41, 5.74) is 0.586. The predicted octanol–water partition coefficient (Wildman–Crippen LogP) is 2.25. The van der Waals surface area contributed by atoms with Crippen LogP contribution in [0.15, 0.2) is 23.2 Å². The summed E-state index contributed by atoms with van der Waals surface area (Å²) >= 11 is 0. The van der Waals surface area contributed by atoms with Gasteiger partial charge in [0.25, 0.3) is 0 Å². The smallest absolute Gasteiger partial charge is 0.193 e. The van der Waals surface area contributed by atoms with E-state index < -0.39 is 11.6 Å². The number of hydrogen-bond donors (Lipinski definition) is 1. The van der Waals surface area contributed by atoms with Crippen LogP contribution in [0.25, 0.3) is 0 Å². The lowest BCUT2D eigenvalue weighted by Crippen LogP contribution is -2.54. The first-order valence-corrected chi connectivity index (χ1v) is 11.6. The van der Waals surface area contributed by atoms with Gasteiger partial charge in [-0.3, -0.25) is 14.8 Å². The summed E-state index contributed by atoms with van der Waals surface area (Å²) in [4.78, 5) is 14.0. The highest BCUT2D eigenvalue weighted by Gasteiger charge is 2.27. The number of likely N-dealkylation sites (N-methyl/N-ethyl adjacent to an activating group) is 1. The SMILES string of the molecule is CCC(c1ccc(F)cc1F)N1CCN(C(=NC)NCCN2CCN(CC)CC2)CC1. The summed E-state index contributed by atoms with van der Waals surface area (Å²) in [6.07, 6.45) is 0.792. The van der Waals surface area contributed by atoms with Crippen LogP contribution in [-0.4, -0.2) is 105 Å². The van der Waals surface area contributed by atoms with Gasteiger partial charge in [0, 0.05) is 90.2 Å². The molecule has 174 valence electrons. The largest absolute Gasteiger partial charge is 0.355 e. The van der Waals surface area contributed by atoms with E-state index in [0.29, 0.717) is 5.56 Å². The molecule has 0 saturated carbocycles. The van der Waals surface area contributed by atoms with Crippen molar-refractivity contribution in [1.29, 1.82) is 0 Å². The monoisotopic (exact) mass is 436 g/mol. The number of nitrogens with zero attached hydrogens (tertiary/aromatic N) is 5. The highest BCUT2D eigenvalue weighted by Crippen LogP contribution is 2.28. The second-order valence-electron chi connectivity index (χ2n) is 8.36. The highest BCUT2D eigenvalue weighted by molar-refractivity contribution is 5.80. The standard InChI is InChI=1S/C23H38F2N6/c1-4-22(20-7-6-19(24)18-21(20)25)30-14-16-31(17-15-30)23(26-3)27-8-9-29-12-10-28(5-2)11-13-29/h6-7,18,22H,4-5,8-17H2,1-3H3,(H,26,27). The Kier molecular flexibility index (Phi) is 9.04. The summed E-state index contributed by atoms with van der Waals surface area (Å²) in [6, 6.07) is 3.90. The molecule has 2 aliphatic heterocycles. The molecule has 1 atom stereocenters. The van der Waals surface area contributed by atoms with Gasteiger partial charge in [-0.05, 0) is 19.0 Å². The van der Waals surface area contributed by atoms with E-state index >= 15 is 0 Å². The topological polar surface area (TPSA) is 37.4 Å². The normalized spacial score (nSPS) is 20.8. The summed E-state index contributed by atoms with van der Waals surface area (Å²) in [6.45, 7) is 15.2. The van der Waals surface area contributed by atoms with Crippen molar-refractivity contribution in [2.24, 2.45) is 4.99 Å². The van der Waals surface area contributed by atoms with E-state index in [4.69, 9.17) is 0 Å². The lowest BCUT2D eigenvalue weighted by molar-refractivity contribution is 0.123. The first-order valence-electron chi connectivity index (χ1n) is 11.6. The average Bonchev–Trinajstić information content (AvgIpc) is 2.79. The van der Waals surface area contributed by atoms with Crippen molar-refractivity contribution in [2.75, 3.05) is 79.0 Å². The van der Waals surface area contributed by atoms with Crippen LogP contribution < -0.4 is 5.32 Å². The molecule has 2 saturated heterocycles. The molecule has 0 radical (unpaired) electrons. The number of benzene rings is 1. The van der Waals surface area contributed by atoms with Crippen molar-refractivity contribution < 1.29 is 8.78 Å². The molecule has 1 unspecified atom stereocenters. The molecule has 1 aromatic rings. The van der Waals surface area contributed by atoms with Gasteiger partial charge in [-0.1, -0.05) is 19.9 Å². The molecule has 8 heteroatoms. The molecule has 2 aliphatic rings. The van der Waals surface area contributed by atoms with Gasteiger partial charge < -0.3 is 15.1 Å². The van der Waals surface area contributed by atoms with Gasteiger partial charge in [-0.15, -0.1) is 0 Å². The Bertz CT molecular complexity index is 712. The Hall–Kier alpha value is -1.77. The van der Waals surface area contributed by atoms with Crippen molar-refractivity contribution in [1.82, 2.24) is 24.9 Å². The van der Waals surface area contributed by atoms with Gasteiger partial charge in [0.15, 0.2) is 5.96 Å². The van der Waals surface area contributed by atoms with Crippen LogP contribution in [0.5, 0.6) is 0 Å². The molecule has 0 aliphatic carbocycles. The Morgan fingerprint density at radius 1 is 1.00 bits per heavy atom. The maximum absolute atomic E-state index is 14.3. The summed E-state index contributed by atoms with van der Waals surface area (Å²) in [5, 5.41) is 3.52. The number of aliphatic imine (C=N–C) groups is 1. The minimum atomic E-state index is -0.525. The number of hydrogen-bond acceptors (Lipinski definition) is 4. The fourth-order valence-corrected chi connectivity index (χ4v) is 4.68. The van der Waals surface area contributed by atoms with Crippen LogP contribution in [-0.2, 0) is 0 Å². The van der Waals surface area contributed by atoms with E-state index in [-0.39, 0.29) is 6.04 Å². The molecule has 2 fully saturated rings. The first kappa shape index (κ1) is 23.9. The van der Waals surface area contributed by atoms with E-state index in [1.165, 1.54) is 6.07 Å². The van der Waals surface area contributed by atoms with Crippen LogP contribution in [0.2, 0.25) is 0 Å². The van der Waals surface area contributed by atoms with Crippen LogP contribution in [0.3, 0.4) is 0 Å². The number of nitrogens with one attached hydrogen (secondary N) is 1. The van der Waals surface area contributed by atoms with E-state index in [9.17, 15) is 8.78 Å². The minimum Gasteiger partial charge on any atom is -0.355 e. The van der Waals surface area contributed by atoms with Crippen LogP contribution in [0, 0.1) is 11.6 Å². The third kappa shape index (κ3) is 6.37. The van der Waals surface area contributed by atoms with E-state index in [1.54, 1.807) is 6.07 Å². The number of halogens is 2. The molecule has 1 aromatic carbocycles. The van der Waals surface area contributed by atoms with Crippen LogP contribution in [0.1, 0.15) is 31.9 Å². The van der Waals surface area contributed by atoms with Crippen molar-refractivity contribution in [2.45, 2.75) is 26.3 Å². The quantitative estimate of drug-likeness (QED) is 0.524. The first-order chi connectivity index (χ1) is 15.0. The van der Waals surface area contributed by atoms with Crippen LogP contribution in [0.4, 0.5) is 8.78 Å². The average molecular weight is 437 g/mol. The molecule has 31 heavy (non-hydrogen) atoms. The molecular weight excluding hydrogens is 398 g/mol. The molecule has 2 heterocycles. The maximum atomic E-state index is 14.3. The molecule has 0 spiro atoms. The van der Waals surface area contributed by atoms with Crippen molar-refractivity contribution >= 4 is 5.96 Å². The molecular formula is C23H38F2N6. The van der Waals surface area contributed by atoms with Gasteiger partial charge in [0.2, 0.25) is 0 Å². The van der Waals surface area contributed by atoms with E-state index in [0.717, 1.165) is 90.4 Å². The third-order valence-electron chi connectivity index (χ3n) is 6.60. The summed E-state index contributed by atoms with van der Waals surface area (Å²) in [5.74, 6) is -0.0394. The van der Waals surface area contributed by atoms with Gasteiger partial charge in [0.1, 0.15) is 11.6 Å². The maximum Gasteiger partial charge on any atom is 0.193 e. The predicted molar refractivity (Wildman–Crippen MR) is 122 cm³/mol. The second kappa shape index (κ2) is 11.7. The zero-order valence-electron chi connectivity index (χ0n) is 19.3.